The van der Waals surface area contributed by atoms with Gasteiger partial charge in [-0.05, 0) is 25.0 Å². The lowest BCUT2D eigenvalue weighted by Crippen LogP contribution is -2.49. The normalized spacial score (nSPS) is 23.2. The van der Waals surface area contributed by atoms with E-state index >= 15 is 0 Å². The van der Waals surface area contributed by atoms with E-state index in [1.807, 2.05) is 30.0 Å². The van der Waals surface area contributed by atoms with E-state index in [1.54, 1.807) is 0 Å². The molecule has 0 aromatic heterocycles. The molecule has 1 amide bonds. The number of carbonyl (C=O) groups excluding carboxylic acids is 1. The molecule has 2 fully saturated rings. The summed E-state index contributed by atoms with van der Waals surface area (Å²) in [7, 11) is 0. The van der Waals surface area contributed by atoms with E-state index in [0.717, 1.165) is 54.7 Å². The van der Waals surface area contributed by atoms with Crippen molar-refractivity contribution in [3.8, 4) is 0 Å². The van der Waals surface area contributed by atoms with E-state index in [1.165, 1.54) is 0 Å². The van der Waals surface area contributed by atoms with Gasteiger partial charge in [0.15, 0.2) is 0 Å². The van der Waals surface area contributed by atoms with Crippen molar-refractivity contribution in [3.05, 3.63) is 29.3 Å². The van der Waals surface area contributed by atoms with Gasteiger partial charge in [0.2, 0.25) is 5.91 Å². The average Bonchev–Trinajstić information content (AvgIpc) is 2.56. The molecular formula is C17H26Cl3N3OS. The number of anilines is 1. The van der Waals surface area contributed by atoms with Crippen molar-refractivity contribution in [2.45, 2.75) is 31.3 Å². The van der Waals surface area contributed by atoms with Crippen LogP contribution in [-0.2, 0) is 4.79 Å². The number of hydrogen-bond acceptors (Lipinski definition) is 4. The van der Waals surface area contributed by atoms with Crippen LogP contribution in [0.1, 0.15) is 19.3 Å². The van der Waals surface area contributed by atoms with E-state index in [-0.39, 0.29) is 36.8 Å². The zero-order valence-corrected chi connectivity index (χ0v) is 17.3. The van der Waals surface area contributed by atoms with Gasteiger partial charge in [0, 0.05) is 49.6 Å². The molecule has 0 spiro atoms. The van der Waals surface area contributed by atoms with Crippen molar-refractivity contribution in [1.82, 2.24) is 10.6 Å². The fourth-order valence-corrected chi connectivity index (χ4v) is 4.49. The van der Waals surface area contributed by atoms with Gasteiger partial charge in [-0.3, -0.25) is 4.79 Å². The molecule has 4 nitrogen and oxygen atoms in total. The Hall–Kier alpha value is -0.330. The molecule has 2 aliphatic heterocycles. The van der Waals surface area contributed by atoms with Gasteiger partial charge in [-0.2, -0.15) is 11.8 Å². The smallest absolute Gasteiger partial charge is 0.221 e. The Morgan fingerprint density at radius 2 is 2.16 bits per heavy atom. The molecule has 0 saturated carbocycles. The first-order chi connectivity index (χ1) is 11.2. The molecule has 2 N–H and O–H groups in total. The molecule has 3 rings (SSSR count). The molecule has 2 saturated heterocycles. The van der Waals surface area contributed by atoms with Crippen LogP contribution in [0.15, 0.2) is 24.3 Å². The number of hydrogen-bond donors (Lipinski definition) is 2. The average molecular weight is 427 g/mol. The lowest BCUT2D eigenvalue weighted by atomic mass is 10.0. The summed E-state index contributed by atoms with van der Waals surface area (Å²) in [6.45, 7) is 2.84. The number of thioether (sulfide) groups is 1. The third-order valence-electron chi connectivity index (χ3n) is 4.41. The molecule has 2 heterocycles. The fourth-order valence-electron chi connectivity index (χ4n) is 3.28. The number of para-hydroxylation sites is 1. The zero-order chi connectivity index (χ0) is 16.1. The number of amides is 1. The number of nitrogens with zero attached hydrogens (tertiary/aromatic N) is 1. The summed E-state index contributed by atoms with van der Waals surface area (Å²) >= 11 is 8.23. The number of benzene rings is 1. The number of piperidine rings is 1. The molecule has 0 aliphatic carbocycles. The molecule has 0 bridgehead atoms. The molecule has 8 heteroatoms. The minimum atomic E-state index is 0. The summed E-state index contributed by atoms with van der Waals surface area (Å²) in [6.07, 6.45) is 2.70. The van der Waals surface area contributed by atoms with Gasteiger partial charge in [-0.15, -0.1) is 24.8 Å². The third kappa shape index (κ3) is 6.72. The molecule has 142 valence electrons. The van der Waals surface area contributed by atoms with E-state index in [4.69, 9.17) is 11.6 Å². The van der Waals surface area contributed by atoms with Gasteiger partial charge < -0.3 is 15.5 Å². The van der Waals surface area contributed by atoms with E-state index in [0.29, 0.717) is 12.5 Å². The van der Waals surface area contributed by atoms with Crippen LogP contribution in [0.3, 0.4) is 0 Å². The predicted molar refractivity (Wildman–Crippen MR) is 113 cm³/mol. The lowest BCUT2D eigenvalue weighted by Gasteiger charge is -2.35. The van der Waals surface area contributed by atoms with Crippen LogP contribution in [-0.4, -0.2) is 49.1 Å². The van der Waals surface area contributed by atoms with Crippen LogP contribution in [0.25, 0.3) is 0 Å². The molecular weight excluding hydrogens is 401 g/mol. The lowest BCUT2D eigenvalue weighted by molar-refractivity contribution is -0.122. The molecule has 1 aromatic rings. The van der Waals surface area contributed by atoms with Crippen LogP contribution < -0.4 is 15.5 Å². The quantitative estimate of drug-likeness (QED) is 0.775. The van der Waals surface area contributed by atoms with Crippen molar-refractivity contribution < 1.29 is 4.79 Å². The highest BCUT2D eigenvalue weighted by molar-refractivity contribution is 7.99. The van der Waals surface area contributed by atoms with Gasteiger partial charge in [0.25, 0.3) is 0 Å². The maximum Gasteiger partial charge on any atom is 0.221 e. The predicted octanol–water partition coefficient (Wildman–Crippen LogP) is 3.36. The van der Waals surface area contributed by atoms with Gasteiger partial charge in [0.05, 0.1) is 10.7 Å². The first-order valence-corrected chi connectivity index (χ1v) is 9.85. The van der Waals surface area contributed by atoms with Crippen molar-refractivity contribution in [1.29, 1.82) is 0 Å². The first-order valence-electron chi connectivity index (χ1n) is 8.32. The number of rotatable bonds is 4. The van der Waals surface area contributed by atoms with Crippen molar-refractivity contribution in [2.24, 2.45) is 0 Å². The van der Waals surface area contributed by atoms with Crippen molar-refractivity contribution in [2.75, 3.05) is 36.0 Å². The molecule has 2 atom stereocenters. The largest absolute Gasteiger partial charge is 0.368 e. The first kappa shape index (κ1) is 22.7. The molecule has 2 aliphatic rings. The SMILES string of the molecule is Cl.Cl.O=C(CC1CSCCN1)NC1CCCN(c2ccccc2Cl)C1. The molecule has 1 aromatic carbocycles. The standard InChI is InChI=1S/C17H24ClN3OS.2ClH/c18-15-5-1-2-6-16(15)21-8-3-4-13(11-21)20-17(22)10-14-12-23-9-7-19-14;;/h1-2,5-6,13-14,19H,3-4,7-12H2,(H,20,22);2*1H. The van der Waals surface area contributed by atoms with Crippen LogP contribution in [0.5, 0.6) is 0 Å². The minimum absolute atomic E-state index is 0. The van der Waals surface area contributed by atoms with Crippen LogP contribution in [0, 0.1) is 0 Å². The van der Waals surface area contributed by atoms with Crippen LogP contribution in [0.4, 0.5) is 5.69 Å². The summed E-state index contributed by atoms with van der Waals surface area (Å²) in [4.78, 5) is 14.6. The highest BCUT2D eigenvalue weighted by Gasteiger charge is 2.24. The highest BCUT2D eigenvalue weighted by atomic mass is 35.5. The van der Waals surface area contributed by atoms with E-state index < -0.39 is 0 Å². The second-order valence-corrected chi connectivity index (χ2v) is 7.79. The molecule has 25 heavy (non-hydrogen) atoms. The Morgan fingerprint density at radius 1 is 1.36 bits per heavy atom. The van der Waals surface area contributed by atoms with Gasteiger partial charge in [0.1, 0.15) is 0 Å². The monoisotopic (exact) mass is 425 g/mol. The zero-order valence-electron chi connectivity index (χ0n) is 14.1. The summed E-state index contributed by atoms with van der Waals surface area (Å²) in [5, 5.41) is 7.41. The third-order valence-corrected chi connectivity index (χ3v) is 5.86. The summed E-state index contributed by atoms with van der Waals surface area (Å²) < 4.78 is 0. The number of nitrogens with one attached hydrogen (secondary N) is 2. The Kier molecular flexibility index (Phi) is 10.4. The topological polar surface area (TPSA) is 44.4 Å². The summed E-state index contributed by atoms with van der Waals surface area (Å²) in [5.41, 5.74) is 1.07. The number of carbonyl (C=O) groups is 1. The second kappa shape index (κ2) is 11.4. The van der Waals surface area contributed by atoms with Gasteiger partial charge >= 0.3 is 0 Å². The fraction of sp³-hybridized carbons (Fsp3) is 0.588. The Labute approximate surface area is 171 Å². The number of halogens is 3. The minimum Gasteiger partial charge on any atom is -0.368 e. The second-order valence-electron chi connectivity index (χ2n) is 6.23. The van der Waals surface area contributed by atoms with Crippen LogP contribution >= 0.6 is 48.2 Å². The highest BCUT2D eigenvalue weighted by Crippen LogP contribution is 2.27. The van der Waals surface area contributed by atoms with E-state index in [9.17, 15) is 4.79 Å². The van der Waals surface area contributed by atoms with Crippen molar-refractivity contribution >= 4 is 59.8 Å². The maximum absolute atomic E-state index is 12.3. The van der Waals surface area contributed by atoms with E-state index in [2.05, 4.69) is 21.6 Å². The Morgan fingerprint density at radius 3 is 2.88 bits per heavy atom. The van der Waals surface area contributed by atoms with Crippen LogP contribution in [0.2, 0.25) is 5.02 Å². The summed E-state index contributed by atoms with van der Waals surface area (Å²) in [6, 6.07) is 8.46. The molecule has 2 unspecified atom stereocenters. The van der Waals surface area contributed by atoms with Gasteiger partial charge in [-0.25, -0.2) is 0 Å². The summed E-state index contributed by atoms with van der Waals surface area (Å²) in [5.74, 6) is 2.34. The Balaban J connectivity index is 0.00000156. The molecule has 0 radical (unpaired) electrons. The van der Waals surface area contributed by atoms with Gasteiger partial charge in [-0.1, -0.05) is 23.7 Å². The van der Waals surface area contributed by atoms with Crippen molar-refractivity contribution in [3.63, 3.8) is 0 Å². The Bertz CT molecular complexity index is 544. The maximum atomic E-state index is 12.3.